The van der Waals surface area contributed by atoms with Crippen LogP contribution in [0.3, 0.4) is 0 Å². The molecule has 11 nitrogen and oxygen atoms in total. The summed E-state index contributed by atoms with van der Waals surface area (Å²) < 4.78 is 11.0. The molecule has 7 rings (SSSR count). The lowest BCUT2D eigenvalue weighted by Gasteiger charge is -2.28. The maximum atomic E-state index is 13.9. The molecule has 4 aromatic rings. The van der Waals surface area contributed by atoms with E-state index in [1.807, 2.05) is 66.7 Å². The van der Waals surface area contributed by atoms with Crippen molar-refractivity contribution in [1.82, 2.24) is 14.8 Å². The number of likely N-dealkylation sites (tertiary alicyclic amines) is 1. The topological polar surface area (TPSA) is 117 Å². The molecule has 3 saturated heterocycles. The summed E-state index contributed by atoms with van der Waals surface area (Å²) >= 11 is 1.41. The Balaban J connectivity index is 1.03. The van der Waals surface area contributed by atoms with Gasteiger partial charge in [-0.2, -0.15) is 0 Å². The number of ether oxygens (including phenoxy) is 2. The minimum absolute atomic E-state index is 0.0668. The van der Waals surface area contributed by atoms with Gasteiger partial charge >= 0.3 is 6.09 Å². The van der Waals surface area contributed by atoms with Crippen LogP contribution >= 0.6 is 11.8 Å². The molecule has 3 fully saturated rings. The number of morpholine rings is 1. The second kappa shape index (κ2) is 15.6. The second-order valence-corrected chi connectivity index (χ2v) is 13.4. The SMILES string of the molecule is O=C(Nc1ccc(C2SC(=Nc3ccc(N4CCOCC4)cc3)N(Cc3ccncc3)C2=O)cc1)[C@@H]1CCCN1C(=O)OCc1ccccc1. The summed E-state index contributed by atoms with van der Waals surface area (Å²) in [7, 11) is 0. The van der Waals surface area contributed by atoms with Crippen molar-refractivity contribution in [2.75, 3.05) is 43.1 Å². The summed E-state index contributed by atoms with van der Waals surface area (Å²) in [6.45, 7) is 4.12. The average molecular weight is 691 g/mol. The van der Waals surface area contributed by atoms with Crippen LogP contribution in [0.4, 0.5) is 21.9 Å². The first kappa shape index (κ1) is 33.3. The molecule has 3 aromatic carbocycles. The van der Waals surface area contributed by atoms with Crippen molar-refractivity contribution >= 4 is 51.9 Å². The zero-order chi connectivity index (χ0) is 34.3. The number of amides is 3. The molecule has 4 heterocycles. The molecule has 3 aliphatic heterocycles. The van der Waals surface area contributed by atoms with E-state index in [4.69, 9.17) is 14.5 Å². The number of amidine groups is 1. The monoisotopic (exact) mass is 690 g/mol. The number of hydrogen-bond acceptors (Lipinski definition) is 9. The summed E-state index contributed by atoms with van der Waals surface area (Å²) in [6.07, 6.45) is 4.21. The Hall–Kier alpha value is -5.20. The number of pyridine rings is 1. The Morgan fingerprint density at radius 2 is 1.64 bits per heavy atom. The van der Waals surface area contributed by atoms with Gasteiger partial charge in [-0.3, -0.25) is 24.4 Å². The van der Waals surface area contributed by atoms with E-state index in [9.17, 15) is 14.4 Å². The lowest BCUT2D eigenvalue weighted by Crippen LogP contribution is -2.43. The van der Waals surface area contributed by atoms with E-state index in [-0.39, 0.29) is 18.4 Å². The molecular formula is C38H38N6O5S. The van der Waals surface area contributed by atoms with Crippen LogP contribution in [-0.4, -0.2) is 76.7 Å². The van der Waals surface area contributed by atoms with Crippen molar-refractivity contribution in [3.63, 3.8) is 0 Å². The van der Waals surface area contributed by atoms with Gasteiger partial charge in [-0.1, -0.05) is 54.2 Å². The average Bonchev–Trinajstić information content (AvgIpc) is 3.78. The van der Waals surface area contributed by atoms with Gasteiger partial charge in [-0.15, -0.1) is 0 Å². The minimum atomic E-state index is -0.617. The Bertz CT molecular complexity index is 1820. The van der Waals surface area contributed by atoms with Crippen LogP contribution in [0, 0.1) is 0 Å². The number of hydrogen-bond donors (Lipinski definition) is 1. The number of aromatic nitrogens is 1. The van der Waals surface area contributed by atoms with Crippen LogP contribution in [0.2, 0.25) is 0 Å². The maximum Gasteiger partial charge on any atom is 0.410 e. The summed E-state index contributed by atoms with van der Waals surface area (Å²) in [5, 5.41) is 3.07. The first-order valence-corrected chi connectivity index (χ1v) is 17.7. The smallest absolute Gasteiger partial charge is 0.410 e. The molecule has 3 aliphatic rings. The van der Waals surface area contributed by atoms with E-state index in [1.165, 1.54) is 16.7 Å². The lowest BCUT2D eigenvalue weighted by molar-refractivity contribution is -0.126. The predicted octanol–water partition coefficient (Wildman–Crippen LogP) is 6.16. The Kier molecular flexibility index (Phi) is 10.4. The van der Waals surface area contributed by atoms with Crippen LogP contribution in [0.15, 0.2) is 108 Å². The summed E-state index contributed by atoms with van der Waals surface area (Å²) in [5.41, 5.74) is 5.11. The number of thioether (sulfide) groups is 1. The van der Waals surface area contributed by atoms with Crippen LogP contribution in [0.5, 0.6) is 0 Å². The highest BCUT2D eigenvalue weighted by molar-refractivity contribution is 8.15. The number of aliphatic imine (C=N–C) groups is 1. The van der Waals surface area contributed by atoms with Crippen LogP contribution in [0.1, 0.15) is 34.8 Å². The van der Waals surface area contributed by atoms with Gasteiger partial charge in [0.25, 0.3) is 0 Å². The van der Waals surface area contributed by atoms with Crippen molar-refractivity contribution in [1.29, 1.82) is 0 Å². The van der Waals surface area contributed by atoms with E-state index in [2.05, 4.69) is 27.3 Å². The molecule has 50 heavy (non-hydrogen) atoms. The molecule has 1 N–H and O–H groups in total. The molecule has 3 amide bonds. The summed E-state index contributed by atoms with van der Waals surface area (Å²) in [4.78, 5) is 54.6. The van der Waals surface area contributed by atoms with Gasteiger partial charge in [-0.25, -0.2) is 9.79 Å². The van der Waals surface area contributed by atoms with E-state index in [0.717, 1.165) is 47.6 Å². The highest BCUT2D eigenvalue weighted by atomic mass is 32.2. The molecule has 0 aliphatic carbocycles. The molecule has 0 spiro atoms. The number of rotatable bonds is 9. The predicted molar refractivity (Wildman–Crippen MR) is 193 cm³/mol. The standard InChI is InChI=1S/C38H38N6O5S/c45-35(33-7-4-20-43(33)38(47)49-26-28-5-2-1-3-6-28)40-30-10-8-29(9-11-30)34-36(46)44(25-27-16-18-39-19-17-27)37(50-34)41-31-12-14-32(15-13-31)42-21-23-48-24-22-42/h1-3,5-6,8-19,33-34H,4,7,20-26H2,(H,40,45)/t33-,34?/m0/s1. The number of nitrogens with zero attached hydrogens (tertiary/aromatic N) is 5. The van der Waals surface area contributed by atoms with E-state index < -0.39 is 17.4 Å². The van der Waals surface area contributed by atoms with Crippen LogP contribution in [-0.2, 0) is 32.2 Å². The molecule has 1 aromatic heterocycles. The third kappa shape index (κ3) is 7.82. The first-order chi connectivity index (χ1) is 24.5. The highest BCUT2D eigenvalue weighted by Gasteiger charge is 2.39. The van der Waals surface area contributed by atoms with Crippen LogP contribution < -0.4 is 10.2 Å². The lowest BCUT2D eigenvalue weighted by atomic mass is 10.1. The number of nitrogens with one attached hydrogen (secondary N) is 1. The number of carbonyl (C=O) groups is 3. The van der Waals surface area contributed by atoms with Crippen molar-refractivity contribution in [3.05, 3.63) is 120 Å². The number of anilines is 2. The fourth-order valence-corrected chi connectivity index (χ4v) is 7.44. The molecule has 1 unspecified atom stereocenters. The van der Waals surface area contributed by atoms with Crippen molar-refractivity contribution in [2.24, 2.45) is 4.99 Å². The van der Waals surface area contributed by atoms with Gasteiger partial charge in [-0.05, 0) is 78.1 Å². The second-order valence-electron chi connectivity index (χ2n) is 12.3. The highest BCUT2D eigenvalue weighted by Crippen LogP contribution is 2.41. The van der Waals surface area contributed by atoms with E-state index >= 15 is 0 Å². The van der Waals surface area contributed by atoms with E-state index in [0.29, 0.717) is 43.6 Å². The van der Waals surface area contributed by atoms with Gasteiger partial charge < -0.3 is 19.7 Å². The Morgan fingerprint density at radius 1 is 0.900 bits per heavy atom. The Labute approximate surface area is 295 Å². The number of benzene rings is 3. The molecular weight excluding hydrogens is 653 g/mol. The van der Waals surface area contributed by atoms with Crippen LogP contribution in [0.25, 0.3) is 0 Å². The van der Waals surface area contributed by atoms with Gasteiger partial charge in [0.15, 0.2) is 5.17 Å². The first-order valence-electron chi connectivity index (χ1n) is 16.8. The third-order valence-corrected chi connectivity index (χ3v) is 10.2. The molecule has 0 bridgehead atoms. The van der Waals surface area contributed by atoms with E-state index in [1.54, 1.807) is 29.4 Å². The van der Waals surface area contributed by atoms with Gasteiger partial charge in [0.1, 0.15) is 17.9 Å². The zero-order valence-corrected chi connectivity index (χ0v) is 28.3. The van der Waals surface area contributed by atoms with Crippen molar-refractivity contribution < 1.29 is 23.9 Å². The minimum Gasteiger partial charge on any atom is -0.445 e. The van der Waals surface area contributed by atoms with Crippen molar-refractivity contribution in [2.45, 2.75) is 37.3 Å². The quantitative estimate of drug-likeness (QED) is 0.222. The summed E-state index contributed by atoms with van der Waals surface area (Å²) in [6, 6.07) is 28.0. The maximum absolute atomic E-state index is 13.9. The largest absolute Gasteiger partial charge is 0.445 e. The Morgan fingerprint density at radius 3 is 2.38 bits per heavy atom. The van der Waals surface area contributed by atoms with Crippen molar-refractivity contribution in [3.8, 4) is 0 Å². The molecule has 12 heteroatoms. The van der Waals surface area contributed by atoms with Gasteiger partial charge in [0.05, 0.1) is 25.4 Å². The molecule has 2 atom stereocenters. The molecule has 256 valence electrons. The fourth-order valence-electron chi connectivity index (χ4n) is 6.27. The normalized spacial score (nSPS) is 20.0. The van der Waals surface area contributed by atoms with Gasteiger partial charge in [0.2, 0.25) is 11.8 Å². The van der Waals surface area contributed by atoms with Gasteiger partial charge in [0, 0.05) is 43.4 Å². The molecule has 0 radical (unpaired) electrons. The molecule has 0 saturated carbocycles. The third-order valence-electron chi connectivity index (χ3n) is 8.96. The fraction of sp³-hybridized carbons (Fsp3) is 0.289. The number of carbonyl (C=O) groups excluding carboxylic acids is 3. The summed E-state index contributed by atoms with van der Waals surface area (Å²) in [5.74, 6) is -0.335. The zero-order valence-electron chi connectivity index (χ0n) is 27.5.